The van der Waals surface area contributed by atoms with Crippen LogP contribution < -0.4 is 10.1 Å². The number of amides is 1. The number of nitrogens with one attached hydrogen (secondary N) is 1. The molecule has 0 saturated carbocycles. The first-order chi connectivity index (χ1) is 12.3. The van der Waals surface area contributed by atoms with Crippen LogP contribution in [0.1, 0.15) is 94.3 Å². The van der Waals surface area contributed by atoms with Crippen molar-refractivity contribution in [1.82, 2.24) is 5.32 Å². The molecule has 3 heteroatoms. The molecule has 142 valence electrons. The molecule has 0 aromatic heterocycles. The Morgan fingerprint density at radius 1 is 0.840 bits per heavy atom. The highest BCUT2D eigenvalue weighted by atomic mass is 16.5. The van der Waals surface area contributed by atoms with Gasteiger partial charge in [0.1, 0.15) is 5.75 Å². The van der Waals surface area contributed by atoms with Crippen LogP contribution >= 0.6 is 0 Å². The zero-order valence-electron chi connectivity index (χ0n) is 16.3. The third-order valence-corrected chi connectivity index (χ3v) is 4.67. The van der Waals surface area contributed by atoms with Gasteiger partial charge in [0.25, 0.3) is 5.91 Å². The van der Waals surface area contributed by atoms with Crippen LogP contribution in [0, 0.1) is 0 Å². The van der Waals surface area contributed by atoms with Gasteiger partial charge in [-0.3, -0.25) is 4.79 Å². The maximum absolute atomic E-state index is 12.1. The number of methoxy groups -OCH3 is 1. The highest BCUT2D eigenvalue weighted by molar-refractivity contribution is 5.96. The van der Waals surface area contributed by atoms with E-state index in [1.54, 1.807) is 13.2 Å². The third-order valence-electron chi connectivity index (χ3n) is 4.67. The molecule has 0 bridgehead atoms. The van der Waals surface area contributed by atoms with Gasteiger partial charge < -0.3 is 10.1 Å². The van der Waals surface area contributed by atoms with Gasteiger partial charge >= 0.3 is 0 Å². The fourth-order valence-corrected chi connectivity index (χ4v) is 3.10. The molecule has 1 N–H and O–H groups in total. The number of hydrogen-bond acceptors (Lipinski definition) is 2. The summed E-state index contributed by atoms with van der Waals surface area (Å²) in [7, 11) is 1.59. The lowest BCUT2D eigenvalue weighted by molar-refractivity contribution is 0.0950. The Morgan fingerprint density at radius 3 is 1.92 bits per heavy atom. The van der Waals surface area contributed by atoms with Crippen molar-refractivity contribution in [2.75, 3.05) is 13.7 Å². The second-order valence-corrected chi connectivity index (χ2v) is 6.85. The topological polar surface area (TPSA) is 38.3 Å². The van der Waals surface area contributed by atoms with Gasteiger partial charge in [0.15, 0.2) is 0 Å². The highest BCUT2D eigenvalue weighted by Gasteiger charge is 2.10. The second kappa shape index (κ2) is 14.8. The number of benzene rings is 1. The van der Waals surface area contributed by atoms with E-state index in [1.165, 1.54) is 70.6 Å². The molecule has 0 aliphatic rings. The summed E-state index contributed by atoms with van der Waals surface area (Å²) in [5.74, 6) is 0.593. The number of unbranched alkanes of at least 4 members (excludes halogenated alkanes) is 11. The van der Waals surface area contributed by atoms with Crippen molar-refractivity contribution in [2.24, 2.45) is 0 Å². The predicted molar refractivity (Wildman–Crippen MR) is 106 cm³/mol. The van der Waals surface area contributed by atoms with Crippen LogP contribution in [0.3, 0.4) is 0 Å². The van der Waals surface area contributed by atoms with E-state index < -0.39 is 0 Å². The van der Waals surface area contributed by atoms with Crippen molar-refractivity contribution >= 4 is 5.91 Å². The standard InChI is InChI=1S/C22H37NO2/c1-3-4-5-6-7-8-9-10-11-12-13-16-19-23-22(24)20-17-14-15-18-21(20)25-2/h14-15,17-18H,3-13,16,19H2,1-2H3,(H,23,24). The summed E-state index contributed by atoms with van der Waals surface area (Å²) < 4.78 is 5.22. The molecule has 1 amide bonds. The molecule has 0 saturated heterocycles. The first kappa shape index (κ1) is 21.5. The van der Waals surface area contributed by atoms with Crippen LogP contribution in [0.25, 0.3) is 0 Å². The quantitative estimate of drug-likeness (QED) is 0.388. The molecule has 0 aliphatic heterocycles. The SMILES string of the molecule is CCCCCCCCCCCCCCNC(=O)c1ccccc1OC. The van der Waals surface area contributed by atoms with Gasteiger partial charge in [0, 0.05) is 6.54 Å². The van der Waals surface area contributed by atoms with Crippen LogP contribution in [-0.2, 0) is 0 Å². The lowest BCUT2D eigenvalue weighted by atomic mass is 10.1. The van der Waals surface area contributed by atoms with Gasteiger partial charge in [-0.1, -0.05) is 89.7 Å². The fraction of sp³-hybridized carbons (Fsp3) is 0.682. The molecule has 25 heavy (non-hydrogen) atoms. The highest BCUT2D eigenvalue weighted by Crippen LogP contribution is 2.17. The summed E-state index contributed by atoms with van der Waals surface area (Å²) in [5, 5.41) is 2.99. The minimum atomic E-state index is -0.0412. The van der Waals surface area contributed by atoms with Gasteiger partial charge in [-0.25, -0.2) is 0 Å². The largest absolute Gasteiger partial charge is 0.496 e. The van der Waals surface area contributed by atoms with Crippen molar-refractivity contribution in [2.45, 2.75) is 84.0 Å². The number of ether oxygens (including phenoxy) is 1. The number of hydrogen-bond donors (Lipinski definition) is 1. The number of carbonyl (C=O) groups is 1. The first-order valence-corrected chi connectivity index (χ1v) is 10.2. The second-order valence-electron chi connectivity index (χ2n) is 6.85. The number of carbonyl (C=O) groups excluding carboxylic acids is 1. The molecular weight excluding hydrogens is 310 g/mol. The fourth-order valence-electron chi connectivity index (χ4n) is 3.10. The van der Waals surface area contributed by atoms with Gasteiger partial charge in [0.2, 0.25) is 0 Å². The smallest absolute Gasteiger partial charge is 0.255 e. The zero-order chi connectivity index (χ0) is 18.2. The Balaban J connectivity index is 1.94. The Bertz CT molecular complexity index is 459. The van der Waals surface area contributed by atoms with Crippen molar-refractivity contribution in [1.29, 1.82) is 0 Å². The molecule has 1 rings (SSSR count). The number of rotatable bonds is 15. The molecule has 3 nitrogen and oxygen atoms in total. The van der Waals surface area contributed by atoms with Gasteiger partial charge in [0.05, 0.1) is 12.7 Å². The summed E-state index contributed by atoms with van der Waals surface area (Å²) >= 11 is 0. The van der Waals surface area contributed by atoms with Crippen molar-refractivity contribution in [3.05, 3.63) is 29.8 Å². The Labute approximate surface area is 154 Å². The van der Waals surface area contributed by atoms with Crippen LogP contribution in [0.2, 0.25) is 0 Å². The Hall–Kier alpha value is -1.51. The maximum Gasteiger partial charge on any atom is 0.255 e. The van der Waals surface area contributed by atoms with Gasteiger partial charge in [-0.15, -0.1) is 0 Å². The van der Waals surface area contributed by atoms with Crippen LogP contribution in [-0.4, -0.2) is 19.6 Å². The molecule has 0 aliphatic carbocycles. The molecule has 0 spiro atoms. The summed E-state index contributed by atoms with van der Waals surface area (Å²) in [6, 6.07) is 7.36. The number of para-hydroxylation sites is 1. The average Bonchev–Trinajstić information content (AvgIpc) is 2.65. The van der Waals surface area contributed by atoms with E-state index in [9.17, 15) is 4.79 Å². The van der Waals surface area contributed by atoms with E-state index in [-0.39, 0.29) is 5.91 Å². The van der Waals surface area contributed by atoms with E-state index >= 15 is 0 Å². The average molecular weight is 348 g/mol. The third kappa shape index (κ3) is 10.2. The molecule has 0 unspecified atom stereocenters. The summed E-state index contributed by atoms with van der Waals surface area (Å²) in [5.41, 5.74) is 0.615. The molecule has 1 aromatic carbocycles. The molecular formula is C22H37NO2. The molecule has 1 aromatic rings. The van der Waals surface area contributed by atoms with Crippen molar-refractivity contribution in [3.63, 3.8) is 0 Å². The summed E-state index contributed by atoms with van der Waals surface area (Å²) in [4.78, 5) is 12.1. The van der Waals surface area contributed by atoms with Gasteiger partial charge in [-0.2, -0.15) is 0 Å². The maximum atomic E-state index is 12.1. The van der Waals surface area contributed by atoms with Gasteiger partial charge in [-0.05, 0) is 18.6 Å². The Kier molecular flexibility index (Phi) is 12.7. The first-order valence-electron chi connectivity index (χ1n) is 10.2. The van der Waals surface area contributed by atoms with Crippen molar-refractivity contribution in [3.8, 4) is 5.75 Å². The van der Waals surface area contributed by atoms with Crippen LogP contribution in [0.15, 0.2) is 24.3 Å². The van der Waals surface area contributed by atoms with Crippen molar-refractivity contribution < 1.29 is 9.53 Å². The minimum absolute atomic E-state index is 0.0412. The Morgan fingerprint density at radius 2 is 1.36 bits per heavy atom. The van der Waals surface area contributed by atoms with E-state index in [4.69, 9.17) is 4.74 Å². The predicted octanol–water partition coefficient (Wildman–Crippen LogP) is 6.13. The lowest BCUT2D eigenvalue weighted by Crippen LogP contribution is -2.24. The summed E-state index contributed by atoms with van der Waals surface area (Å²) in [6.45, 7) is 3.01. The molecule has 0 heterocycles. The molecule has 0 atom stereocenters. The van der Waals surface area contributed by atoms with Crippen LogP contribution in [0.4, 0.5) is 0 Å². The molecule has 0 fully saturated rings. The minimum Gasteiger partial charge on any atom is -0.496 e. The summed E-state index contributed by atoms with van der Waals surface area (Å²) in [6.07, 6.45) is 16.0. The van der Waals surface area contributed by atoms with E-state index in [0.717, 1.165) is 13.0 Å². The van der Waals surface area contributed by atoms with E-state index in [2.05, 4.69) is 12.2 Å². The molecule has 0 radical (unpaired) electrons. The van der Waals surface area contributed by atoms with E-state index in [1.807, 2.05) is 18.2 Å². The van der Waals surface area contributed by atoms with Crippen LogP contribution in [0.5, 0.6) is 5.75 Å². The van der Waals surface area contributed by atoms with E-state index in [0.29, 0.717) is 11.3 Å². The zero-order valence-corrected chi connectivity index (χ0v) is 16.3. The monoisotopic (exact) mass is 347 g/mol. The normalized spacial score (nSPS) is 10.6. The lowest BCUT2D eigenvalue weighted by Gasteiger charge is -2.09.